The normalized spacial score (nSPS) is 19.7. The highest BCUT2D eigenvalue weighted by atomic mass is 19.1. The molecule has 2 aliphatic rings. The van der Waals surface area contributed by atoms with Crippen LogP contribution in [0, 0.1) is 5.82 Å². The minimum atomic E-state index is -0.282. The number of halogens is 1. The number of aliphatic imine (C=N–C) groups is 1. The molecular formula is C16H19FN6. The number of rotatable bonds is 3. The maximum atomic E-state index is 14.7. The topological polar surface area (TPSA) is 67.1 Å². The van der Waals surface area contributed by atoms with E-state index >= 15 is 0 Å². The van der Waals surface area contributed by atoms with Gasteiger partial charge in [0.15, 0.2) is 0 Å². The van der Waals surface area contributed by atoms with Crippen molar-refractivity contribution in [2.24, 2.45) is 4.99 Å². The molecule has 120 valence electrons. The van der Waals surface area contributed by atoms with Crippen molar-refractivity contribution in [2.45, 2.75) is 31.2 Å². The van der Waals surface area contributed by atoms with Gasteiger partial charge in [0.05, 0.1) is 17.3 Å². The van der Waals surface area contributed by atoms with Crippen LogP contribution < -0.4 is 10.6 Å². The van der Waals surface area contributed by atoms with E-state index in [0.717, 1.165) is 42.0 Å². The molecule has 0 amide bonds. The molecule has 1 aromatic carbocycles. The van der Waals surface area contributed by atoms with Gasteiger partial charge in [-0.05, 0) is 37.6 Å². The third-order valence-electron chi connectivity index (χ3n) is 4.89. The molecule has 1 saturated carbocycles. The van der Waals surface area contributed by atoms with Gasteiger partial charge in [-0.1, -0.05) is 11.6 Å². The van der Waals surface area contributed by atoms with E-state index in [9.17, 15) is 4.39 Å². The molecule has 23 heavy (non-hydrogen) atoms. The second kappa shape index (κ2) is 5.13. The first kappa shape index (κ1) is 14.3. The summed E-state index contributed by atoms with van der Waals surface area (Å²) in [7, 11) is 3.62. The fourth-order valence-electron chi connectivity index (χ4n) is 3.60. The van der Waals surface area contributed by atoms with E-state index in [1.165, 1.54) is 4.68 Å². The van der Waals surface area contributed by atoms with E-state index in [0.29, 0.717) is 12.2 Å². The number of benzene rings is 1. The molecule has 0 bridgehead atoms. The number of nitrogens with one attached hydrogen (secondary N) is 2. The first-order valence-electron chi connectivity index (χ1n) is 7.82. The van der Waals surface area contributed by atoms with Gasteiger partial charge in [-0.3, -0.25) is 4.99 Å². The fourth-order valence-corrected chi connectivity index (χ4v) is 3.60. The number of amidine groups is 1. The third kappa shape index (κ3) is 1.99. The third-order valence-corrected chi connectivity index (χ3v) is 4.89. The zero-order chi connectivity index (χ0) is 16.0. The Labute approximate surface area is 133 Å². The van der Waals surface area contributed by atoms with Crippen LogP contribution in [0.1, 0.15) is 30.5 Å². The number of aromatic nitrogens is 3. The lowest BCUT2D eigenvalue weighted by Crippen LogP contribution is -2.41. The Morgan fingerprint density at radius 1 is 1.43 bits per heavy atom. The van der Waals surface area contributed by atoms with Gasteiger partial charge in [0.1, 0.15) is 17.3 Å². The van der Waals surface area contributed by atoms with Crippen molar-refractivity contribution in [2.75, 3.05) is 19.4 Å². The Kier molecular flexibility index (Phi) is 3.19. The fraction of sp³-hybridized carbons (Fsp3) is 0.438. The van der Waals surface area contributed by atoms with E-state index in [1.54, 1.807) is 25.4 Å². The van der Waals surface area contributed by atoms with Crippen molar-refractivity contribution in [3.8, 4) is 5.69 Å². The molecule has 2 heterocycles. The molecule has 2 N–H and O–H groups in total. The monoisotopic (exact) mass is 314 g/mol. The van der Waals surface area contributed by atoms with Crippen LogP contribution in [0.5, 0.6) is 0 Å². The molecule has 0 saturated heterocycles. The quantitative estimate of drug-likeness (QED) is 0.909. The van der Waals surface area contributed by atoms with E-state index in [2.05, 4.69) is 25.9 Å². The highest BCUT2D eigenvalue weighted by Crippen LogP contribution is 2.52. The second-order valence-corrected chi connectivity index (χ2v) is 6.17. The molecular weight excluding hydrogens is 295 g/mol. The van der Waals surface area contributed by atoms with Crippen LogP contribution in [0.25, 0.3) is 5.69 Å². The predicted octanol–water partition coefficient (Wildman–Crippen LogP) is 2.00. The van der Waals surface area contributed by atoms with Crippen LogP contribution in [0.15, 0.2) is 23.3 Å². The Morgan fingerprint density at radius 2 is 2.26 bits per heavy atom. The SMILES string of the molecule is CN=C1Nc2cc(-n3cc(CNC)nn3)c(F)cc2C12CCC2. The lowest BCUT2D eigenvalue weighted by molar-refractivity contribution is 0.346. The van der Waals surface area contributed by atoms with Gasteiger partial charge in [0.25, 0.3) is 0 Å². The molecule has 0 atom stereocenters. The summed E-state index contributed by atoms with van der Waals surface area (Å²) in [5, 5.41) is 14.4. The van der Waals surface area contributed by atoms with Crippen molar-refractivity contribution < 1.29 is 4.39 Å². The molecule has 2 aromatic rings. The molecule has 0 radical (unpaired) electrons. The standard InChI is InChI=1S/C16H19FN6/c1-18-8-10-9-23(22-21-10)14-7-13-11(6-12(14)17)16(4-3-5-16)15(19-2)20-13/h6-7,9,18H,3-5,8H2,1-2H3,(H,19,20). The van der Waals surface area contributed by atoms with Gasteiger partial charge in [-0.25, -0.2) is 9.07 Å². The summed E-state index contributed by atoms with van der Waals surface area (Å²) in [5.74, 6) is 0.667. The van der Waals surface area contributed by atoms with Crippen LogP contribution >= 0.6 is 0 Å². The molecule has 1 fully saturated rings. The smallest absolute Gasteiger partial charge is 0.149 e. The molecule has 1 aliphatic carbocycles. The molecule has 1 aliphatic heterocycles. The van der Waals surface area contributed by atoms with Crippen molar-refractivity contribution in [3.63, 3.8) is 0 Å². The van der Waals surface area contributed by atoms with Gasteiger partial charge in [0.2, 0.25) is 0 Å². The Hall–Kier alpha value is -2.28. The molecule has 1 aromatic heterocycles. The first-order valence-corrected chi connectivity index (χ1v) is 7.82. The number of nitrogens with zero attached hydrogens (tertiary/aromatic N) is 4. The zero-order valence-corrected chi connectivity index (χ0v) is 13.2. The van der Waals surface area contributed by atoms with E-state index in [4.69, 9.17) is 0 Å². The summed E-state index contributed by atoms with van der Waals surface area (Å²) in [5.41, 5.74) is 3.00. The molecule has 0 unspecified atom stereocenters. The van der Waals surface area contributed by atoms with Gasteiger partial charge >= 0.3 is 0 Å². The lowest BCUT2D eigenvalue weighted by atomic mass is 9.65. The van der Waals surface area contributed by atoms with Gasteiger partial charge in [0, 0.05) is 19.3 Å². The Morgan fingerprint density at radius 3 is 2.91 bits per heavy atom. The van der Waals surface area contributed by atoms with Gasteiger partial charge < -0.3 is 10.6 Å². The maximum absolute atomic E-state index is 14.7. The zero-order valence-electron chi connectivity index (χ0n) is 13.2. The Bertz CT molecular complexity index is 790. The number of fused-ring (bicyclic) bond motifs is 2. The number of anilines is 1. The van der Waals surface area contributed by atoms with Crippen LogP contribution in [0.3, 0.4) is 0 Å². The highest BCUT2D eigenvalue weighted by Gasteiger charge is 2.49. The van der Waals surface area contributed by atoms with E-state index in [-0.39, 0.29) is 11.2 Å². The van der Waals surface area contributed by atoms with Crippen molar-refractivity contribution >= 4 is 11.5 Å². The molecule has 1 spiro atoms. The van der Waals surface area contributed by atoms with Crippen molar-refractivity contribution in [3.05, 3.63) is 35.4 Å². The molecule has 6 nitrogen and oxygen atoms in total. The van der Waals surface area contributed by atoms with E-state index in [1.807, 2.05) is 7.05 Å². The van der Waals surface area contributed by atoms with Gasteiger partial charge in [-0.15, -0.1) is 5.10 Å². The second-order valence-electron chi connectivity index (χ2n) is 6.17. The number of hydrogen-bond acceptors (Lipinski definition) is 4. The lowest BCUT2D eigenvalue weighted by Gasteiger charge is -2.38. The molecule has 4 rings (SSSR count). The van der Waals surface area contributed by atoms with Crippen molar-refractivity contribution in [1.82, 2.24) is 20.3 Å². The summed E-state index contributed by atoms with van der Waals surface area (Å²) in [6.45, 7) is 0.598. The number of hydrogen-bond donors (Lipinski definition) is 2. The maximum Gasteiger partial charge on any atom is 0.149 e. The van der Waals surface area contributed by atoms with Crippen LogP contribution in [-0.2, 0) is 12.0 Å². The summed E-state index contributed by atoms with van der Waals surface area (Å²) >= 11 is 0. The van der Waals surface area contributed by atoms with Gasteiger partial charge in [-0.2, -0.15) is 0 Å². The van der Waals surface area contributed by atoms with Crippen molar-refractivity contribution in [1.29, 1.82) is 0 Å². The van der Waals surface area contributed by atoms with Crippen LogP contribution in [0.4, 0.5) is 10.1 Å². The van der Waals surface area contributed by atoms with Crippen LogP contribution in [-0.4, -0.2) is 34.9 Å². The van der Waals surface area contributed by atoms with Crippen LogP contribution in [0.2, 0.25) is 0 Å². The van der Waals surface area contributed by atoms with E-state index < -0.39 is 0 Å². The predicted molar refractivity (Wildman–Crippen MR) is 86.6 cm³/mol. The summed E-state index contributed by atoms with van der Waals surface area (Å²) in [6.07, 6.45) is 4.94. The minimum Gasteiger partial charge on any atom is -0.343 e. The Balaban J connectivity index is 1.78. The first-order chi connectivity index (χ1) is 11.2. The molecule has 7 heteroatoms. The highest BCUT2D eigenvalue weighted by molar-refractivity contribution is 6.10. The summed E-state index contributed by atoms with van der Waals surface area (Å²) in [6, 6.07) is 3.44. The largest absolute Gasteiger partial charge is 0.343 e. The summed E-state index contributed by atoms with van der Waals surface area (Å²) < 4.78 is 16.2. The average molecular weight is 314 g/mol. The summed E-state index contributed by atoms with van der Waals surface area (Å²) in [4.78, 5) is 4.38. The average Bonchev–Trinajstić information content (AvgIpc) is 3.07. The minimum absolute atomic E-state index is 0.108.